The number of aliphatic hydroxyl groups excluding tert-OH is 1. The average Bonchev–Trinajstić information content (AvgIpc) is 3.09. The van der Waals surface area contributed by atoms with Crippen LogP contribution in [0.1, 0.15) is 24.6 Å². The first kappa shape index (κ1) is 17.3. The van der Waals surface area contributed by atoms with Gasteiger partial charge in [-0.05, 0) is 37.9 Å². The lowest BCUT2D eigenvalue weighted by atomic mass is 9.66. The Morgan fingerprint density at radius 1 is 1.42 bits per heavy atom. The number of aliphatic hydroxyl groups is 1. The second kappa shape index (κ2) is 6.56. The molecule has 1 saturated heterocycles. The van der Waals surface area contributed by atoms with Gasteiger partial charge in [0.1, 0.15) is 5.41 Å². The third kappa shape index (κ3) is 2.34. The van der Waals surface area contributed by atoms with Gasteiger partial charge in [0.2, 0.25) is 0 Å². The number of carbonyl (C=O) groups is 1. The number of allylic oxidation sites excluding steroid dienone is 1. The van der Waals surface area contributed by atoms with Gasteiger partial charge >= 0.3 is 5.97 Å². The van der Waals surface area contributed by atoms with Crippen LogP contribution in [0.4, 0.5) is 0 Å². The number of aromatic amines is 1. The normalized spacial score (nSPS) is 29.9. The molecule has 3 unspecified atom stereocenters. The lowest BCUT2D eigenvalue weighted by Gasteiger charge is -2.42. The molecule has 1 aromatic heterocycles. The fourth-order valence-electron chi connectivity index (χ4n) is 4.96. The van der Waals surface area contributed by atoms with E-state index >= 15 is 0 Å². The van der Waals surface area contributed by atoms with Gasteiger partial charge in [-0.1, -0.05) is 29.8 Å². The van der Waals surface area contributed by atoms with Gasteiger partial charge < -0.3 is 14.8 Å². The zero-order valence-corrected chi connectivity index (χ0v) is 15.4. The quantitative estimate of drug-likeness (QED) is 0.642. The zero-order chi connectivity index (χ0) is 18.3. The molecule has 3 aliphatic heterocycles. The largest absolute Gasteiger partial charge is 0.468 e. The van der Waals surface area contributed by atoms with E-state index < -0.39 is 5.41 Å². The van der Waals surface area contributed by atoms with Gasteiger partial charge in [-0.3, -0.25) is 9.69 Å². The summed E-state index contributed by atoms with van der Waals surface area (Å²) in [5.41, 5.74) is 3.10. The first-order chi connectivity index (χ1) is 12.7. The number of hydrogen-bond donors (Lipinski definition) is 2. The number of esters is 1. The standard InChI is InChI=1S/C21H26N2O3/c1-3-14-12-23-10-8-16-15-6-4-5-7-18(15)22-19(16)21(13-24,20(25)26-2)17(14)9-11-23/h3-7,17,22,24H,8-13H2,1-2H3/b14-3-. The highest BCUT2D eigenvalue weighted by Gasteiger charge is 2.53. The third-order valence-electron chi connectivity index (χ3n) is 6.29. The number of nitrogens with zero attached hydrogens (tertiary/aromatic N) is 1. The van der Waals surface area contributed by atoms with E-state index in [1.807, 2.05) is 25.1 Å². The molecule has 0 radical (unpaired) electrons. The third-order valence-corrected chi connectivity index (χ3v) is 6.29. The Hall–Kier alpha value is -2.11. The van der Waals surface area contributed by atoms with Gasteiger partial charge in [-0.25, -0.2) is 0 Å². The van der Waals surface area contributed by atoms with Crippen molar-refractivity contribution < 1.29 is 14.6 Å². The Morgan fingerprint density at radius 3 is 2.96 bits per heavy atom. The van der Waals surface area contributed by atoms with Crippen LogP contribution >= 0.6 is 0 Å². The number of para-hydroxylation sites is 1. The lowest BCUT2D eigenvalue weighted by Crippen LogP contribution is -2.52. The van der Waals surface area contributed by atoms with Crippen molar-refractivity contribution in [1.82, 2.24) is 9.88 Å². The summed E-state index contributed by atoms with van der Waals surface area (Å²) in [6.07, 6.45) is 3.80. The van der Waals surface area contributed by atoms with Crippen LogP contribution in [-0.2, 0) is 21.4 Å². The maximum absolute atomic E-state index is 13.1. The molecule has 5 rings (SSSR count). The van der Waals surface area contributed by atoms with Gasteiger partial charge in [0.05, 0.1) is 13.7 Å². The van der Waals surface area contributed by atoms with Crippen LogP contribution in [-0.4, -0.2) is 54.3 Å². The predicted molar refractivity (Wildman–Crippen MR) is 101 cm³/mol. The monoisotopic (exact) mass is 354 g/mol. The zero-order valence-electron chi connectivity index (χ0n) is 15.4. The van der Waals surface area contributed by atoms with E-state index in [0.29, 0.717) is 0 Å². The molecule has 3 atom stereocenters. The first-order valence-electron chi connectivity index (χ1n) is 9.32. The first-order valence-corrected chi connectivity index (χ1v) is 9.32. The Morgan fingerprint density at radius 2 is 2.23 bits per heavy atom. The summed E-state index contributed by atoms with van der Waals surface area (Å²) in [6.45, 7) is 4.49. The number of ether oxygens (including phenoxy) is 1. The summed E-state index contributed by atoms with van der Waals surface area (Å²) in [7, 11) is 1.42. The molecule has 2 aromatic rings. The van der Waals surface area contributed by atoms with Crippen LogP contribution in [0.5, 0.6) is 0 Å². The smallest absolute Gasteiger partial charge is 0.320 e. The number of H-pyrrole nitrogens is 1. The molecule has 4 heterocycles. The van der Waals surface area contributed by atoms with Crippen LogP contribution in [0.2, 0.25) is 0 Å². The molecular formula is C21H26N2O3. The van der Waals surface area contributed by atoms with Crippen molar-refractivity contribution in [2.75, 3.05) is 33.4 Å². The molecule has 26 heavy (non-hydrogen) atoms. The minimum absolute atomic E-state index is 0.0638. The van der Waals surface area contributed by atoms with Crippen molar-refractivity contribution in [2.24, 2.45) is 5.92 Å². The summed E-state index contributed by atoms with van der Waals surface area (Å²) >= 11 is 0. The van der Waals surface area contributed by atoms with Crippen LogP contribution < -0.4 is 0 Å². The second-order valence-corrected chi connectivity index (χ2v) is 7.38. The van der Waals surface area contributed by atoms with Crippen LogP contribution in [0.15, 0.2) is 35.9 Å². The minimum Gasteiger partial charge on any atom is -0.468 e. The predicted octanol–water partition coefficient (Wildman–Crippen LogP) is 2.40. The van der Waals surface area contributed by atoms with E-state index in [2.05, 4.69) is 22.0 Å². The molecule has 0 spiro atoms. The molecule has 2 bridgehead atoms. The van der Waals surface area contributed by atoms with Gasteiger partial charge in [0.25, 0.3) is 0 Å². The number of hydrogen-bond acceptors (Lipinski definition) is 4. The topological polar surface area (TPSA) is 65.6 Å². The van der Waals surface area contributed by atoms with Gasteiger partial charge in [-0.15, -0.1) is 0 Å². The molecule has 1 aromatic carbocycles. The van der Waals surface area contributed by atoms with Crippen molar-refractivity contribution in [2.45, 2.75) is 25.2 Å². The molecule has 3 aliphatic rings. The molecule has 138 valence electrons. The SMILES string of the molecule is C/C=C1/CN2CCc3c([nH]c4ccccc34)C(CO)(C(=O)OC)C1CC2. The van der Waals surface area contributed by atoms with Crippen molar-refractivity contribution >= 4 is 16.9 Å². The molecule has 0 saturated carbocycles. The number of aromatic nitrogens is 1. The highest BCUT2D eigenvalue weighted by Crippen LogP contribution is 2.45. The van der Waals surface area contributed by atoms with E-state index in [1.54, 1.807) is 0 Å². The summed E-state index contributed by atoms with van der Waals surface area (Å²) in [6, 6.07) is 8.14. The number of piperidine rings is 1. The molecule has 1 fully saturated rings. The van der Waals surface area contributed by atoms with Crippen molar-refractivity contribution in [1.29, 1.82) is 0 Å². The van der Waals surface area contributed by atoms with Gasteiger partial charge in [0, 0.05) is 35.6 Å². The lowest BCUT2D eigenvalue weighted by molar-refractivity contribution is -0.152. The molecular weight excluding hydrogens is 328 g/mol. The van der Waals surface area contributed by atoms with E-state index in [9.17, 15) is 9.90 Å². The molecule has 5 heteroatoms. The Kier molecular flexibility index (Phi) is 4.37. The number of rotatable bonds is 2. The second-order valence-electron chi connectivity index (χ2n) is 7.38. The van der Waals surface area contributed by atoms with Crippen molar-refractivity contribution in [3.63, 3.8) is 0 Å². The average molecular weight is 354 g/mol. The summed E-state index contributed by atoms with van der Waals surface area (Å²) < 4.78 is 5.26. The summed E-state index contributed by atoms with van der Waals surface area (Å²) in [5, 5.41) is 11.7. The Balaban J connectivity index is 2.05. The van der Waals surface area contributed by atoms with E-state index in [-0.39, 0.29) is 18.5 Å². The minimum atomic E-state index is -1.08. The van der Waals surface area contributed by atoms with Crippen LogP contribution in [0.25, 0.3) is 10.9 Å². The number of carbonyl (C=O) groups excluding carboxylic acids is 1. The molecule has 0 amide bonds. The number of fused-ring (bicyclic) bond motifs is 4. The molecule has 2 N–H and O–H groups in total. The van der Waals surface area contributed by atoms with E-state index in [4.69, 9.17) is 4.74 Å². The highest BCUT2D eigenvalue weighted by molar-refractivity contribution is 5.91. The summed E-state index contributed by atoms with van der Waals surface area (Å²) in [5.74, 6) is -0.418. The molecule has 0 aliphatic carbocycles. The number of methoxy groups -OCH3 is 1. The highest BCUT2D eigenvalue weighted by atomic mass is 16.5. The van der Waals surface area contributed by atoms with Crippen LogP contribution in [0, 0.1) is 5.92 Å². The van der Waals surface area contributed by atoms with E-state index in [0.717, 1.165) is 54.6 Å². The molecule has 5 nitrogen and oxygen atoms in total. The Bertz CT molecular complexity index is 869. The fourth-order valence-corrected chi connectivity index (χ4v) is 4.96. The van der Waals surface area contributed by atoms with Gasteiger partial charge in [0.15, 0.2) is 0 Å². The fraction of sp³-hybridized carbons (Fsp3) is 0.476. The van der Waals surface area contributed by atoms with Gasteiger partial charge in [-0.2, -0.15) is 0 Å². The number of benzene rings is 1. The van der Waals surface area contributed by atoms with Crippen molar-refractivity contribution in [3.8, 4) is 0 Å². The van der Waals surface area contributed by atoms with Crippen LogP contribution in [0.3, 0.4) is 0 Å². The van der Waals surface area contributed by atoms with E-state index in [1.165, 1.54) is 12.7 Å². The van der Waals surface area contributed by atoms with Crippen molar-refractivity contribution in [3.05, 3.63) is 47.2 Å². The number of nitrogens with one attached hydrogen (secondary N) is 1. The summed E-state index contributed by atoms with van der Waals surface area (Å²) in [4.78, 5) is 19.1. The maximum atomic E-state index is 13.1. The Labute approximate surface area is 153 Å². The maximum Gasteiger partial charge on any atom is 0.320 e.